The zero-order valence-electron chi connectivity index (χ0n) is 17.4. The van der Waals surface area contributed by atoms with E-state index in [2.05, 4.69) is 0 Å². The number of nitrogens with zero attached hydrogens (tertiary/aromatic N) is 1. The van der Waals surface area contributed by atoms with Gasteiger partial charge in [0.15, 0.2) is 0 Å². The van der Waals surface area contributed by atoms with Gasteiger partial charge in [0.25, 0.3) is 0 Å². The second kappa shape index (κ2) is 9.29. The lowest BCUT2D eigenvalue weighted by Gasteiger charge is -2.39. The maximum atomic E-state index is 14.7. The monoisotopic (exact) mass is 421 g/mol. The predicted octanol–water partition coefficient (Wildman–Crippen LogP) is 5.28. The number of aryl methyl sites for hydroxylation is 1. The van der Waals surface area contributed by atoms with Crippen LogP contribution in [0, 0.1) is 18.6 Å². The maximum Gasteiger partial charge on any atom is 0.227 e. The summed E-state index contributed by atoms with van der Waals surface area (Å²) >= 11 is 0. The molecule has 1 saturated heterocycles. The SMILES string of the molecule is Cc1ccccc1CC(=O)N1CCC(Oc2ccc(F)cc2)C(c2ccccc2F)C1. The minimum Gasteiger partial charge on any atom is -0.490 e. The highest BCUT2D eigenvalue weighted by Crippen LogP contribution is 2.32. The minimum absolute atomic E-state index is 0.0240. The van der Waals surface area contributed by atoms with Crippen LogP contribution in [0.1, 0.15) is 29.0 Å². The Bertz CT molecular complexity index is 1050. The molecular formula is C26H25F2NO2. The van der Waals surface area contributed by atoms with Crippen molar-refractivity contribution >= 4 is 5.91 Å². The average Bonchev–Trinajstić information content (AvgIpc) is 2.77. The quantitative estimate of drug-likeness (QED) is 0.561. The fourth-order valence-corrected chi connectivity index (χ4v) is 4.14. The Morgan fingerprint density at radius 1 is 1.00 bits per heavy atom. The van der Waals surface area contributed by atoms with Gasteiger partial charge in [-0.2, -0.15) is 0 Å². The van der Waals surface area contributed by atoms with Crippen molar-refractivity contribution in [1.29, 1.82) is 0 Å². The standard InChI is InChI=1S/C26H25F2NO2/c1-18-6-2-3-7-19(18)16-26(30)29-15-14-25(31-21-12-10-20(27)11-13-21)23(17-29)22-8-4-5-9-24(22)28/h2-13,23,25H,14-17H2,1H3. The van der Waals surface area contributed by atoms with Crippen LogP contribution >= 0.6 is 0 Å². The number of hydrogen-bond donors (Lipinski definition) is 0. The van der Waals surface area contributed by atoms with E-state index < -0.39 is 0 Å². The van der Waals surface area contributed by atoms with Gasteiger partial charge in [-0.3, -0.25) is 4.79 Å². The molecule has 4 rings (SSSR count). The molecule has 160 valence electrons. The van der Waals surface area contributed by atoms with Gasteiger partial charge in [0.05, 0.1) is 6.42 Å². The highest BCUT2D eigenvalue weighted by Gasteiger charge is 2.35. The molecule has 2 atom stereocenters. The first-order chi connectivity index (χ1) is 15.0. The van der Waals surface area contributed by atoms with E-state index >= 15 is 0 Å². The van der Waals surface area contributed by atoms with Crippen molar-refractivity contribution in [1.82, 2.24) is 4.90 Å². The molecule has 1 aliphatic rings. The molecule has 1 heterocycles. The number of hydrogen-bond acceptors (Lipinski definition) is 2. The van der Waals surface area contributed by atoms with E-state index in [0.717, 1.165) is 11.1 Å². The first-order valence-electron chi connectivity index (χ1n) is 10.5. The van der Waals surface area contributed by atoms with Crippen LogP contribution in [0.3, 0.4) is 0 Å². The van der Waals surface area contributed by atoms with Crippen LogP contribution < -0.4 is 4.74 Å². The second-order valence-corrected chi connectivity index (χ2v) is 7.97. The first-order valence-corrected chi connectivity index (χ1v) is 10.5. The lowest BCUT2D eigenvalue weighted by atomic mass is 9.87. The van der Waals surface area contributed by atoms with Gasteiger partial charge in [0.1, 0.15) is 23.5 Å². The van der Waals surface area contributed by atoms with Gasteiger partial charge in [-0.15, -0.1) is 0 Å². The molecule has 0 aromatic heterocycles. The number of halogens is 2. The van der Waals surface area contributed by atoms with Crippen LogP contribution in [0.5, 0.6) is 5.75 Å². The van der Waals surface area contributed by atoms with Gasteiger partial charge in [-0.25, -0.2) is 8.78 Å². The summed E-state index contributed by atoms with van der Waals surface area (Å²) < 4.78 is 34.0. The zero-order valence-corrected chi connectivity index (χ0v) is 17.4. The Morgan fingerprint density at radius 2 is 1.71 bits per heavy atom. The summed E-state index contributed by atoms with van der Waals surface area (Å²) in [6.45, 7) is 2.90. The summed E-state index contributed by atoms with van der Waals surface area (Å²) in [6.07, 6.45) is 0.570. The Kier molecular flexibility index (Phi) is 6.31. The molecule has 0 N–H and O–H groups in total. The highest BCUT2D eigenvalue weighted by atomic mass is 19.1. The molecule has 3 nitrogen and oxygen atoms in total. The van der Waals surface area contributed by atoms with E-state index in [-0.39, 0.29) is 29.6 Å². The molecule has 3 aromatic rings. The van der Waals surface area contributed by atoms with Crippen molar-refractivity contribution in [3.8, 4) is 5.75 Å². The molecule has 3 aromatic carbocycles. The first kappa shape index (κ1) is 21.0. The van der Waals surface area contributed by atoms with Crippen molar-refractivity contribution in [2.24, 2.45) is 0 Å². The third-order valence-electron chi connectivity index (χ3n) is 5.91. The Hall–Kier alpha value is -3.21. The van der Waals surface area contributed by atoms with Crippen LogP contribution in [0.25, 0.3) is 0 Å². The molecule has 0 bridgehead atoms. The van der Waals surface area contributed by atoms with Crippen LogP contribution in [0.4, 0.5) is 8.78 Å². The molecule has 0 aliphatic carbocycles. The summed E-state index contributed by atoms with van der Waals surface area (Å²) in [6, 6.07) is 20.3. The summed E-state index contributed by atoms with van der Waals surface area (Å²) in [7, 11) is 0. The second-order valence-electron chi connectivity index (χ2n) is 7.97. The number of rotatable bonds is 5. The molecule has 0 radical (unpaired) electrons. The number of likely N-dealkylation sites (tertiary alicyclic amines) is 1. The smallest absolute Gasteiger partial charge is 0.227 e. The summed E-state index contributed by atoms with van der Waals surface area (Å²) in [5, 5.41) is 0. The Labute approximate surface area is 181 Å². The van der Waals surface area contributed by atoms with Crippen LogP contribution in [-0.2, 0) is 11.2 Å². The van der Waals surface area contributed by atoms with Gasteiger partial charge >= 0.3 is 0 Å². The van der Waals surface area contributed by atoms with Crippen LogP contribution in [0.15, 0.2) is 72.8 Å². The number of piperidine rings is 1. The molecule has 31 heavy (non-hydrogen) atoms. The lowest BCUT2D eigenvalue weighted by molar-refractivity contribution is -0.132. The maximum absolute atomic E-state index is 14.7. The molecule has 1 aliphatic heterocycles. The number of ether oxygens (including phenoxy) is 1. The summed E-state index contributed by atoms with van der Waals surface area (Å²) in [5.74, 6) is -0.410. The number of carbonyl (C=O) groups is 1. The molecule has 2 unspecified atom stereocenters. The fourth-order valence-electron chi connectivity index (χ4n) is 4.14. The fraction of sp³-hybridized carbons (Fsp3) is 0.269. The largest absolute Gasteiger partial charge is 0.490 e. The number of amides is 1. The number of carbonyl (C=O) groups excluding carboxylic acids is 1. The van der Waals surface area contributed by atoms with E-state index in [1.807, 2.05) is 31.2 Å². The average molecular weight is 421 g/mol. The third-order valence-corrected chi connectivity index (χ3v) is 5.91. The van der Waals surface area contributed by atoms with Crippen molar-refractivity contribution in [2.75, 3.05) is 13.1 Å². The Morgan fingerprint density at radius 3 is 2.45 bits per heavy atom. The van der Waals surface area contributed by atoms with Crippen molar-refractivity contribution < 1.29 is 18.3 Å². The van der Waals surface area contributed by atoms with Gasteiger partial charge < -0.3 is 9.64 Å². The normalized spacial score (nSPS) is 18.6. The summed E-state index contributed by atoms with van der Waals surface area (Å²) in [5.41, 5.74) is 2.61. The van der Waals surface area contributed by atoms with E-state index in [1.165, 1.54) is 18.2 Å². The minimum atomic E-state index is -0.338. The van der Waals surface area contributed by atoms with E-state index in [1.54, 1.807) is 35.2 Å². The summed E-state index contributed by atoms with van der Waals surface area (Å²) in [4.78, 5) is 14.8. The molecule has 1 fully saturated rings. The number of benzene rings is 3. The molecule has 5 heteroatoms. The van der Waals surface area contributed by atoms with Crippen LogP contribution in [0.2, 0.25) is 0 Å². The Balaban J connectivity index is 1.55. The third kappa shape index (κ3) is 4.93. The lowest BCUT2D eigenvalue weighted by Crippen LogP contribution is -2.47. The topological polar surface area (TPSA) is 29.5 Å². The van der Waals surface area contributed by atoms with E-state index in [4.69, 9.17) is 4.74 Å². The predicted molar refractivity (Wildman–Crippen MR) is 116 cm³/mol. The van der Waals surface area contributed by atoms with Crippen LogP contribution in [-0.4, -0.2) is 30.0 Å². The molecule has 0 saturated carbocycles. The van der Waals surface area contributed by atoms with Gasteiger partial charge in [0, 0.05) is 25.4 Å². The zero-order chi connectivity index (χ0) is 21.8. The molecule has 1 amide bonds. The van der Waals surface area contributed by atoms with Gasteiger partial charge in [-0.1, -0.05) is 42.5 Å². The van der Waals surface area contributed by atoms with E-state index in [9.17, 15) is 13.6 Å². The van der Waals surface area contributed by atoms with Crippen molar-refractivity contribution in [2.45, 2.75) is 31.8 Å². The van der Waals surface area contributed by atoms with Crippen molar-refractivity contribution in [3.05, 3.63) is 101 Å². The molecular weight excluding hydrogens is 396 g/mol. The van der Waals surface area contributed by atoms with E-state index in [0.29, 0.717) is 37.2 Å². The van der Waals surface area contributed by atoms with Gasteiger partial charge in [0.2, 0.25) is 5.91 Å². The molecule has 0 spiro atoms. The van der Waals surface area contributed by atoms with Gasteiger partial charge in [-0.05, 0) is 53.9 Å². The van der Waals surface area contributed by atoms with Crippen molar-refractivity contribution in [3.63, 3.8) is 0 Å². The highest BCUT2D eigenvalue weighted by molar-refractivity contribution is 5.79.